The quantitative estimate of drug-likeness (QED) is 0.888. The number of aryl methyl sites for hydroxylation is 1. The number of nitrogens with one attached hydrogen (secondary N) is 1. The summed E-state index contributed by atoms with van der Waals surface area (Å²) in [7, 11) is -3.79. The number of sulfonamides is 1. The standard InChI is InChI=1S/C12H19N3O3S2/c1-7-10(20(13,17)18)19-11(14-7)15-9(16)8-5-4-6-12(8,2)3/h8H,4-6H2,1-3H3,(H2,13,17,18)(H,14,15,16). The van der Waals surface area contributed by atoms with Gasteiger partial charge in [-0.2, -0.15) is 0 Å². The second-order valence-corrected chi connectivity index (χ2v) is 8.62. The zero-order valence-electron chi connectivity index (χ0n) is 11.8. The average molecular weight is 317 g/mol. The van der Waals surface area contributed by atoms with Crippen LogP contribution in [0.25, 0.3) is 0 Å². The second-order valence-electron chi connectivity index (χ2n) is 5.86. The van der Waals surface area contributed by atoms with Gasteiger partial charge in [0.2, 0.25) is 15.9 Å². The summed E-state index contributed by atoms with van der Waals surface area (Å²) in [6.45, 7) is 5.71. The summed E-state index contributed by atoms with van der Waals surface area (Å²) in [5.74, 6) is -0.160. The molecule has 1 aliphatic carbocycles. The monoisotopic (exact) mass is 317 g/mol. The van der Waals surface area contributed by atoms with Gasteiger partial charge < -0.3 is 5.32 Å². The van der Waals surface area contributed by atoms with Crippen molar-refractivity contribution in [3.8, 4) is 0 Å². The zero-order chi connectivity index (χ0) is 15.1. The smallest absolute Gasteiger partial charge is 0.249 e. The number of amides is 1. The molecule has 1 aromatic rings. The largest absolute Gasteiger partial charge is 0.302 e. The van der Waals surface area contributed by atoms with E-state index in [4.69, 9.17) is 5.14 Å². The fraction of sp³-hybridized carbons (Fsp3) is 0.667. The van der Waals surface area contributed by atoms with Crippen LogP contribution < -0.4 is 10.5 Å². The molecule has 1 atom stereocenters. The van der Waals surface area contributed by atoms with E-state index in [0.717, 1.165) is 30.6 Å². The Balaban J connectivity index is 2.17. The van der Waals surface area contributed by atoms with E-state index in [1.54, 1.807) is 6.92 Å². The van der Waals surface area contributed by atoms with Crippen LogP contribution >= 0.6 is 11.3 Å². The Kier molecular flexibility index (Phi) is 3.92. The molecule has 0 radical (unpaired) electrons. The number of nitrogens with zero attached hydrogens (tertiary/aromatic N) is 1. The Hall–Kier alpha value is -0.990. The van der Waals surface area contributed by atoms with Crippen LogP contribution in [0.15, 0.2) is 4.21 Å². The maximum atomic E-state index is 12.3. The molecule has 1 saturated carbocycles. The van der Waals surface area contributed by atoms with Crippen molar-refractivity contribution in [3.63, 3.8) is 0 Å². The maximum absolute atomic E-state index is 12.3. The van der Waals surface area contributed by atoms with E-state index in [1.807, 2.05) is 0 Å². The molecule has 1 heterocycles. The van der Waals surface area contributed by atoms with Gasteiger partial charge in [0.15, 0.2) is 9.34 Å². The van der Waals surface area contributed by atoms with E-state index in [1.165, 1.54) is 0 Å². The maximum Gasteiger partial charge on any atom is 0.249 e. The van der Waals surface area contributed by atoms with Crippen LogP contribution in [0.4, 0.5) is 5.13 Å². The normalized spacial score (nSPS) is 21.9. The molecular weight excluding hydrogens is 298 g/mol. The molecule has 0 saturated heterocycles. The number of aromatic nitrogens is 1. The number of carbonyl (C=O) groups excluding carboxylic acids is 1. The Morgan fingerprint density at radius 1 is 1.50 bits per heavy atom. The van der Waals surface area contributed by atoms with Crippen molar-refractivity contribution in [1.82, 2.24) is 4.98 Å². The lowest BCUT2D eigenvalue weighted by Gasteiger charge is -2.25. The third-order valence-electron chi connectivity index (χ3n) is 3.82. The number of thiazole rings is 1. The fourth-order valence-electron chi connectivity index (χ4n) is 2.71. The van der Waals surface area contributed by atoms with Crippen molar-refractivity contribution >= 4 is 32.4 Å². The zero-order valence-corrected chi connectivity index (χ0v) is 13.4. The van der Waals surface area contributed by atoms with E-state index in [2.05, 4.69) is 24.1 Å². The van der Waals surface area contributed by atoms with Crippen molar-refractivity contribution in [2.75, 3.05) is 5.32 Å². The van der Waals surface area contributed by atoms with Gasteiger partial charge >= 0.3 is 0 Å². The van der Waals surface area contributed by atoms with Crippen molar-refractivity contribution < 1.29 is 13.2 Å². The molecule has 112 valence electrons. The number of nitrogens with two attached hydrogens (primary N) is 1. The summed E-state index contributed by atoms with van der Waals surface area (Å²) < 4.78 is 22.7. The highest BCUT2D eigenvalue weighted by Gasteiger charge is 2.39. The van der Waals surface area contributed by atoms with Gasteiger partial charge in [0.1, 0.15) is 0 Å². The van der Waals surface area contributed by atoms with Crippen LogP contribution in [-0.4, -0.2) is 19.3 Å². The lowest BCUT2D eigenvalue weighted by molar-refractivity contribution is -0.122. The molecule has 1 aromatic heterocycles. The summed E-state index contributed by atoms with van der Waals surface area (Å²) >= 11 is 0.898. The van der Waals surface area contributed by atoms with Crippen molar-refractivity contribution in [2.45, 2.75) is 44.2 Å². The number of anilines is 1. The van der Waals surface area contributed by atoms with Crippen LogP contribution in [-0.2, 0) is 14.8 Å². The SMILES string of the molecule is Cc1nc(NC(=O)C2CCCC2(C)C)sc1S(N)(=O)=O. The van der Waals surface area contributed by atoms with E-state index < -0.39 is 10.0 Å². The number of hydrogen-bond acceptors (Lipinski definition) is 5. The first-order chi connectivity index (χ1) is 9.11. The first-order valence-corrected chi connectivity index (χ1v) is 8.78. The molecule has 0 aliphatic heterocycles. The molecule has 20 heavy (non-hydrogen) atoms. The predicted molar refractivity (Wildman–Crippen MR) is 78.0 cm³/mol. The molecule has 0 bridgehead atoms. The molecule has 1 aliphatic rings. The molecule has 6 nitrogen and oxygen atoms in total. The third kappa shape index (κ3) is 3.02. The van der Waals surface area contributed by atoms with E-state index in [9.17, 15) is 13.2 Å². The van der Waals surface area contributed by atoms with Gasteiger partial charge in [0.05, 0.1) is 5.69 Å². The van der Waals surface area contributed by atoms with Gasteiger partial charge in [-0.25, -0.2) is 18.5 Å². The third-order valence-corrected chi connectivity index (χ3v) is 6.44. The lowest BCUT2D eigenvalue weighted by atomic mass is 9.81. The van der Waals surface area contributed by atoms with Gasteiger partial charge in [0, 0.05) is 5.92 Å². The van der Waals surface area contributed by atoms with Gasteiger partial charge in [-0.15, -0.1) is 0 Å². The summed E-state index contributed by atoms with van der Waals surface area (Å²) in [6, 6.07) is 0. The molecule has 1 unspecified atom stereocenters. The van der Waals surface area contributed by atoms with E-state index in [-0.39, 0.29) is 21.4 Å². The summed E-state index contributed by atoms with van der Waals surface area (Å²) in [5, 5.41) is 8.11. The highest BCUT2D eigenvalue weighted by atomic mass is 32.2. The molecule has 1 amide bonds. The molecule has 0 aromatic carbocycles. The van der Waals surface area contributed by atoms with Gasteiger partial charge in [-0.3, -0.25) is 4.79 Å². The number of carbonyl (C=O) groups is 1. The minimum Gasteiger partial charge on any atom is -0.302 e. The van der Waals surface area contributed by atoms with Gasteiger partial charge in [0.25, 0.3) is 0 Å². The number of primary sulfonamides is 1. The Bertz CT molecular complexity index is 634. The van der Waals surface area contributed by atoms with Crippen molar-refractivity contribution in [3.05, 3.63) is 5.69 Å². The van der Waals surface area contributed by atoms with E-state index >= 15 is 0 Å². The predicted octanol–water partition coefficient (Wildman–Crippen LogP) is 1.86. The lowest BCUT2D eigenvalue weighted by Crippen LogP contribution is -2.30. The van der Waals surface area contributed by atoms with Crippen LogP contribution in [0.5, 0.6) is 0 Å². The second kappa shape index (κ2) is 5.09. The fourth-order valence-corrected chi connectivity index (χ4v) is 4.57. The Labute approximate surface area is 122 Å². The highest BCUT2D eigenvalue weighted by Crippen LogP contribution is 2.43. The van der Waals surface area contributed by atoms with Crippen LogP contribution in [0.1, 0.15) is 38.8 Å². The summed E-state index contributed by atoms with van der Waals surface area (Å²) in [6.07, 6.45) is 2.90. The van der Waals surface area contributed by atoms with Crippen LogP contribution in [0, 0.1) is 18.3 Å². The van der Waals surface area contributed by atoms with Crippen LogP contribution in [0.2, 0.25) is 0 Å². The Morgan fingerprint density at radius 2 is 2.15 bits per heavy atom. The minimum atomic E-state index is -3.79. The van der Waals surface area contributed by atoms with Gasteiger partial charge in [-0.05, 0) is 25.2 Å². The number of hydrogen-bond donors (Lipinski definition) is 2. The molecule has 2 rings (SSSR count). The topological polar surface area (TPSA) is 102 Å². The first kappa shape index (κ1) is 15.4. The van der Waals surface area contributed by atoms with E-state index in [0.29, 0.717) is 10.8 Å². The summed E-state index contributed by atoms with van der Waals surface area (Å²) in [5.41, 5.74) is 0.289. The minimum absolute atomic E-state index is 0.00141. The summed E-state index contributed by atoms with van der Waals surface area (Å²) in [4.78, 5) is 16.3. The van der Waals surface area contributed by atoms with Crippen LogP contribution in [0.3, 0.4) is 0 Å². The highest BCUT2D eigenvalue weighted by molar-refractivity contribution is 7.91. The molecule has 1 fully saturated rings. The molecule has 0 spiro atoms. The average Bonchev–Trinajstić information content (AvgIpc) is 2.80. The first-order valence-electron chi connectivity index (χ1n) is 6.42. The Morgan fingerprint density at radius 3 is 2.60 bits per heavy atom. The molecule has 3 N–H and O–H groups in total. The van der Waals surface area contributed by atoms with Gasteiger partial charge in [-0.1, -0.05) is 31.6 Å². The number of rotatable bonds is 3. The molecule has 8 heteroatoms. The molecular formula is C12H19N3O3S2. The van der Waals surface area contributed by atoms with Crippen molar-refractivity contribution in [2.24, 2.45) is 16.5 Å². The van der Waals surface area contributed by atoms with Crippen molar-refractivity contribution in [1.29, 1.82) is 0 Å².